The molecule has 1 amide bonds. The third-order valence-electron chi connectivity index (χ3n) is 5.95. The number of amides is 1. The molecule has 4 aromatic carbocycles. The van der Waals surface area contributed by atoms with Gasteiger partial charge in [0.1, 0.15) is 5.70 Å². The third-order valence-corrected chi connectivity index (χ3v) is 6.95. The predicted molar refractivity (Wildman–Crippen MR) is 148 cm³/mol. The zero-order chi connectivity index (χ0) is 26.1. The maximum atomic E-state index is 13.7. The first-order valence-corrected chi connectivity index (χ1v) is 12.5. The molecule has 0 fully saturated rings. The third kappa shape index (κ3) is 4.46. The molecule has 0 atom stereocenters. The number of fused-ring (bicyclic) bond motifs is 1. The number of nitrogens with one attached hydrogen (secondary N) is 1. The minimum absolute atomic E-state index is 0.0823. The van der Waals surface area contributed by atoms with Crippen molar-refractivity contribution in [2.24, 2.45) is 4.99 Å². The van der Waals surface area contributed by atoms with E-state index >= 15 is 0 Å². The molecule has 0 aliphatic carbocycles. The van der Waals surface area contributed by atoms with Gasteiger partial charge in [0, 0.05) is 21.4 Å². The zero-order valence-corrected chi connectivity index (χ0v) is 20.6. The number of aromatic amines is 1. The maximum Gasteiger partial charge on any atom is 0.285 e. The highest BCUT2D eigenvalue weighted by atomic mass is 32.2. The van der Waals surface area contributed by atoms with Crippen LogP contribution in [0.5, 0.6) is 0 Å². The van der Waals surface area contributed by atoms with Gasteiger partial charge in [-0.3, -0.25) is 14.9 Å². The van der Waals surface area contributed by atoms with Gasteiger partial charge in [0.2, 0.25) is 5.95 Å². The molecule has 0 bridgehead atoms. The summed E-state index contributed by atoms with van der Waals surface area (Å²) < 4.78 is 0. The Hall–Kier alpha value is -5.02. The molecular formula is C29H19N5O3S. The number of imidazole rings is 1. The molecule has 0 radical (unpaired) electrons. The zero-order valence-electron chi connectivity index (χ0n) is 19.8. The molecule has 6 rings (SSSR count). The van der Waals surface area contributed by atoms with Gasteiger partial charge < -0.3 is 4.98 Å². The molecule has 38 heavy (non-hydrogen) atoms. The van der Waals surface area contributed by atoms with Gasteiger partial charge in [0.15, 0.2) is 5.84 Å². The molecule has 0 saturated carbocycles. The topological polar surface area (TPSA) is 104 Å². The lowest BCUT2D eigenvalue weighted by atomic mass is 10.1. The van der Waals surface area contributed by atoms with Gasteiger partial charge in [-0.15, -0.1) is 0 Å². The van der Waals surface area contributed by atoms with Crippen LogP contribution in [-0.2, 0) is 4.79 Å². The molecule has 1 aliphatic rings. The summed E-state index contributed by atoms with van der Waals surface area (Å²) in [6, 6.07) is 31.5. The van der Waals surface area contributed by atoms with Crippen molar-refractivity contribution >= 4 is 52.2 Å². The second-order valence-electron chi connectivity index (χ2n) is 8.44. The molecule has 1 aromatic heterocycles. The molecule has 0 spiro atoms. The minimum Gasteiger partial charge on any atom is -0.323 e. The van der Waals surface area contributed by atoms with E-state index in [1.54, 1.807) is 30.0 Å². The molecule has 2 heterocycles. The van der Waals surface area contributed by atoms with Crippen LogP contribution in [0.3, 0.4) is 0 Å². The van der Waals surface area contributed by atoms with Gasteiger partial charge in [-0.05, 0) is 42.5 Å². The van der Waals surface area contributed by atoms with Crippen LogP contribution in [0.1, 0.15) is 11.1 Å². The van der Waals surface area contributed by atoms with Crippen LogP contribution in [0, 0.1) is 10.1 Å². The lowest BCUT2D eigenvalue weighted by Gasteiger charge is -2.15. The van der Waals surface area contributed by atoms with Crippen molar-refractivity contribution in [2.75, 3.05) is 4.90 Å². The van der Waals surface area contributed by atoms with E-state index in [1.165, 1.54) is 17.0 Å². The van der Waals surface area contributed by atoms with Crippen LogP contribution >= 0.6 is 11.8 Å². The largest absolute Gasteiger partial charge is 0.323 e. The summed E-state index contributed by atoms with van der Waals surface area (Å²) in [4.78, 5) is 40.8. The van der Waals surface area contributed by atoms with Crippen molar-refractivity contribution in [3.05, 3.63) is 130 Å². The highest BCUT2D eigenvalue weighted by molar-refractivity contribution is 7.99. The first-order chi connectivity index (χ1) is 18.6. The summed E-state index contributed by atoms with van der Waals surface area (Å²) in [6.45, 7) is 0. The first-order valence-electron chi connectivity index (χ1n) is 11.7. The number of hydrogen-bond acceptors (Lipinski definition) is 6. The van der Waals surface area contributed by atoms with E-state index in [0.29, 0.717) is 28.4 Å². The number of rotatable bonds is 6. The number of amidine groups is 1. The van der Waals surface area contributed by atoms with Crippen molar-refractivity contribution < 1.29 is 9.72 Å². The number of aliphatic imine (C=N–C) groups is 1. The number of para-hydroxylation sites is 1. The number of nitro benzene ring substituents is 1. The number of carbonyl (C=O) groups excluding carboxylic acids is 1. The Morgan fingerprint density at radius 3 is 2.34 bits per heavy atom. The quantitative estimate of drug-likeness (QED) is 0.158. The number of H-pyrrole nitrogens is 1. The highest BCUT2D eigenvalue weighted by Gasteiger charge is 2.35. The summed E-state index contributed by atoms with van der Waals surface area (Å²) in [5.74, 6) is 0.277. The summed E-state index contributed by atoms with van der Waals surface area (Å²) in [7, 11) is 0. The van der Waals surface area contributed by atoms with E-state index in [2.05, 4.69) is 15.0 Å². The lowest BCUT2D eigenvalue weighted by molar-refractivity contribution is -0.385. The average Bonchev–Trinajstić information content (AvgIpc) is 3.50. The van der Waals surface area contributed by atoms with Crippen LogP contribution in [0.2, 0.25) is 0 Å². The molecule has 0 saturated heterocycles. The van der Waals surface area contributed by atoms with E-state index < -0.39 is 10.8 Å². The second-order valence-corrected chi connectivity index (χ2v) is 9.59. The van der Waals surface area contributed by atoms with Crippen molar-refractivity contribution in [3.63, 3.8) is 0 Å². The monoisotopic (exact) mass is 517 g/mol. The van der Waals surface area contributed by atoms with Crippen LogP contribution in [0.4, 0.5) is 11.6 Å². The molecule has 0 unspecified atom stereocenters. The molecule has 9 heteroatoms. The predicted octanol–water partition coefficient (Wildman–Crippen LogP) is 6.46. The van der Waals surface area contributed by atoms with Gasteiger partial charge in [-0.1, -0.05) is 72.4 Å². The number of anilines is 1. The second kappa shape index (κ2) is 9.79. The first kappa shape index (κ1) is 23.4. The number of aromatic nitrogens is 2. The van der Waals surface area contributed by atoms with Gasteiger partial charge >= 0.3 is 0 Å². The van der Waals surface area contributed by atoms with Crippen LogP contribution < -0.4 is 4.90 Å². The van der Waals surface area contributed by atoms with Crippen molar-refractivity contribution in [1.82, 2.24) is 9.97 Å². The summed E-state index contributed by atoms with van der Waals surface area (Å²) in [5, 5.41) is 11.5. The molecule has 8 nitrogen and oxygen atoms in total. The number of benzene rings is 4. The van der Waals surface area contributed by atoms with E-state index in [4.69, 9.17) is 0 Å². The van der Waals surface area contributed by atoms with Crippen LogP contribution in [-0.4, -0.2) is 26.6 Å². The van der Waals surface area contributed by atoms with Crippen molar-refractivity contribution in [1.29, 1.82) is 0 Å². The Bertz CT molecular complexity index is 1750. The van der Waals surface area contributed by atoms with Crippen LogP contribution in [0.25, 0.3) is 17.1 Å². The minimum atomic E-state index is -0.476. The average molecular weight is 518 g/mol. The fourth-order valence-electron chi connectivity index (χ4n) is 4.19. The smallest absolute Gasteiger partial charge is 0.285 e. The van der Waals surface area contributed by atoms with E-state index in [1.807, 2.05) is 78.9 Å². The molecule has 1 aliphatic heterocycles. The molecule has 5 aromatic rings. The van der Waals surface area contributed by atoms with E-state index in [0.717, 1.165) is 15.3 Å². The Morgan fingerprint density at radius 2 is 1.58 bits per heavy atom. The van der Waals surface area contributed by atoms with Gasteiger partial charge in [0.05, 0.1) is 21.5 Å². The molecule has 184 valence electrons. The standard InChI is InChI=1S/C29H19N5O3S/c35-28-25(17-20-11-7-8-14-26(20)34(36)37)30-27(19-9-3-1-4-10-19)33(28)29-31-23-16-15-22(18-24(23)32-29)38-21-12-5-2-6-13-21/h1-18H,(H,31,32). The summed E-state index contributed by atoms with van der Waals surface area (Å²) >= 11 is 1.63. The van der Waals surface area contributed by atoms with Crippen molar-refractivity contribution in [2.45, 2.75) is 9.79 Å². The van der Waals surface area contributed by atoms with Gasteiger partial charge in [-0.25, -0.2) is 14.9 Å². The fourth-order valence-corrected chi connectivity index (χ4v) is 5.06. The number of nitro groups is 1. The maximum absolute atomic E-state index is 13.7. The van der Waals surface area contributed by atoms with Gasteiger partial charge in [0.25, 0.3) is 11.6 Å². The number of carbonyl (C=O) groups is 1. The van der Waals surface area contributed by atoms with Crippen LogP contribution in [0.15, 0.2) is 124 Å². The van der Waals surface area contributed by atoms with E-state index in [-0.39, 0.29) is 11.4 Å². The molecule has 1 N–H and O–H groups in total. The Kier molecular flexibility index (Phi) is 6.03. The summed E-state index contributed by atoms with van der Waals surface area (Å²) in [5.41, 5.74) is 2.47. The normalized spacial score (nSPS) is 14.3. The van der Waals surface area contributed by atoms with Gasteiger partial charge in [-0.2, -0.15) is 0 Å². The van der Waals surface area contributed by atoms with Crippen molar-refractivity contribution in [3.8, 4) is 0 Å². The molecular weight excluding hydrogens is 498 g/mol. The Labute approximate surface area is 221 Å². The number of hydrogen-bond donors (Lipinski definition) is 1. The summed E-state index contributed by atoms with van der Waals surface area (Å²) in [6.07, 6.45) is 1.45. The Morgan fingerprint density at radius 1 is 0.868 bits per heavy atom. The highest BCUT2D eigenvalue weighted by Crippen LogP contribution is 2.32. The lowest BCUT2D eigenvalue weighted by Crippen LogP contribution is -2.33. The fraction of sp³-hybridized carbons (Fsp3) is 0. The number of nitrogens with zero attached hydrogens (tertiary/aromatic N) is 4. The van der Waals surface area contributed by atoms with E-state index in [9.17, 15) is 14.9 Å². The SMILES string of the molecule is O=C1C(=Cc2ccccc2[N+](=O)[O-])N=C(c2ccccc2)N1c1nc2ccc(Sc3ccccc3)cc2[nH]1. The Balaban J connectivity index is 1.41.